The van der Waals surface area contributed by atoms with E-state index in [1.165, 1.54) is 66.4 Å². The van der Waals surface area contributed by atoms with E-state index in [2.05, 4.69) is 166 Å². The van der Waals surface area contributed by atoms with Crippen molar-refractivity contribution < 1.29 is 4.74 Å². The SMILES string of the molecule is CC1(C)c2ccccc2Oc2ccc(-c3ccc(C4(c5ccccc5)c5ccccc5-c5c4ccc4ccccc54)cc3)cc21. The van der Waals surface area contributed by atoms with E-state index in [-0.39, 0.29) is 5.41 Å². The predicted molar refractivity (Wildman–Crippen MR) is 185 cm³/mol. The topological polar surface area (TPSA) is 9.23 Å². The highest BCUT2D eigenvalue weighted by Crippen LogP contribution is 2.58. The Morgan fingerprint density at radius 3 is 1.93 bits per heavy atom. The lowest BCUT2D eigenvalue weighted by atomic mass is 9.67. The van der Waals surface area contributed by atoms with Gasteiger partial charge in [0, 0.05) is 16.5 Å². The third kappa shape index (κ3) is 3.61. The van der Waals surface area contributed by atoms with Crippen molar-refractivity contribution in [3.63, 3.8) is 0 Å². The number of fused-ring (bicyclic) bond motifs is 7. The average molecular weight is 577 g/mol. The van der Waals surface area contributed by atoms with Crippen LogP contribution in [0.4, 0.5) is 0 Å². The number of benzene rings is 7. The van der Waals surface area contributed by atoms with Gasteiger partial charge in [-0.3, -0.25) is 0 Å². The molecule has 1 aliphatic heterocycles. The van der Waals surface area contributed by atoms with Crippen molar-refractivity contribution in [3.05, 3.63) is 191 Å². The minimum absolute atomic E-state index is 0.155. The number of rotatable bonds is 3. The molecule has 1 heterocycles. The van der Waals surface area contributed by atoms with Crippen molar-refractivity contribution in [1.29, 1.82) is 0 Å². The molecule has 0 aromatic heterocycles. The van der Waals surface area contributed by atoms with E-state index >= 15 is 0 Å². The minimum atomic E-state index is -0.425. The summed E-state index contributed by atoms with van der Waals surface area (Å²) in [4.78, 5) is 0. The van der Waals surface area contributed by atoms with Gasteiger partial charge in [-0.15, -0.1) is 0 Å². The molecule has 0 saturated carbocycles. The summed E-state index contributed by atoms with van der Waals surface area (Å²) < 4.78 is 6.35. The maximum Gasteiger partial charge on any atom is 0.131 e. The zero-order valence-corrected chi connectivity index (χ0v) is 25.4. The molecule has 2 aliphatic rings. The molecule has 7 aromatic carbocycles. The molecular weight excluding hydrogens is 544 g/mol. The van der Waals surface area contributed by atoms with Crippen molar-refractivity contribution in [2.45, 2.75) is 24.7 Å². The van der Waals surface area contributed by atoms with Gasteiger partial charge < -0.3 is 4.74 Å². The smallest absolute Gasteiger partial charge is 0.131 e. The van der Waals surface area contributed by atoms with E-state index in [0.29, 0.717) is 0 Å². The Kier molecular flexibility index (Phi) is 5.53. The second-order valence-corrected chi connectivity index (χ2v) is 12.9. The van der Waals surface area contributed by atoms with Crippen LogP contribution in [0.15, 0.2) is 158 Å². The Morgan fingerprint density at radius 1 is 0.444 bits per heavy atom. The van der Waals surface area contributed by atoms with Crippen LogP contribution in [0.3, 0.4) is 0 Å². The van der Waals surface area contributed by atoms with Crippen LogP contribution < -0.4 is 4.74 Å². The first-order valence-corrected chi connectivity index (χ1v) is 15.8. The highest BCUT2D eigenvalue weighted by atomic mass is 16.5. The monoisotopic (exact) mass is 576 g/mol. The molecule has 0 saturated heterocycles. The lowest BCUT2D eigenvalue weighted by Gasteiger charge is -2.35. The second-order valence-electron chi connectivity index (χ2n) is 12.9. The fourth-order valence-electron chi connectivity index (χ4n) is 8.06. The van der Waals surface area contributed by atoms with Gasteiger partial charge in [0.25, 0.3) is 0 Å². The molecule has 0 radical (unpaired) electrons. The number of hydrogen-bond acceptors (Lipinski definition) is 1. The Morgan fingerprint density at radius 2 is 1.09 bits per heavy atom. The van der Waals surface area contributed by atoms with E-state index in [1.807, 2.05) is 6.07 Å². The summed E-state index contributed by atoms with van der Waals surface area (Å²) >= 11 is 0. The third-order valence-electron chi connectivity index (χ3n) is 10.2. The summed E-state index contributed by atoms with van der Waals surface area (Å²) in [6.45, 7) is 4.59. The van der Waals surface area contributed by atoms with Gasteiger partial charge in [-0.1, -0.05) is 153 Å². The van der Waals surface area contributed by atoms with Crippen LogP contribution in [0, 0.1) is 0 Å². The molecule has 45 heavy (non-hydrogen) atoms. The summed E-state index contributed by atoms with van der Waals surface area (Å²) in [5.41, 5.74) is 12.1. The Balaban J connectivity index is 1.23. The highest BCUT2D eigenvalue weighted by molar-refractivity contribution is 6.04. The minimum Gasteiger partial charge on any atom is -0.457 e. The average Bonchev–Trinajstić information content (AvgIpc) is 3.40. The van der Waals surface area contributed by atoms with Gasteiger partial charge in [-0.2, -0.15) is 0 Å². The van der Waals surface area contributed by atoms with Crippen molar-refractivity contribution >= 4 is 10.8 Å². The summed E-state index contributed by atoms with van der Waals surface area (Å²) in [5.74, 6) is 1.89. The molecule has 1 unspecified atom stereocenters. The summed E-state index contributed by atoms with van der Waals surface area (Å²) in [5, 5.41) is 2.57. The van der Waals surface area contributed by atoms with Crippen molar-refractivity contribution in [1.82, 2.24) is 0 Å². The summed E-state index contributed by atoms with van der Waals surface area (Å²) in [6, 6.07) is 57.8. The van der Waals surface area contributed by atoms with Gasteiger partial charge in [0.1, 0.15) is 11.5 Å². The first-order valence-electron chi connectivity index (χ1n) is 15.8. The molecule has 214 valence electrons. The van der Waals surface area contributed by atoms with Crippen LogP contribution in [0.2, 0.25) is 0 Å². The molecule has 0 bridgehead atoms. The Bertz CT molecular complexity index is 2260. The van der Waals surface area contributed by atoms with E-state index in [4.69, 9.17) is 4.74 Å². The maximum absolute atomic E-state index is 6.35. The van der Waals surface area contributed by atoms with Crippen LogP contribution in [0.5, 0.6) is 11.5 Å². The Hall–Kier alpha value is -5.40. The molecule has 1 aliphatic carbocycles. The van der Waals surface area contributed by atoms with Crippen LogP contribution in [-0.2, 0) is 10.8 Å². The van der Waals surface area contributed by atoms with Gasteiger partial charge >= 0.3 is 0 Å². The molecule has 1 atom stereocenters. The van der Waals surface area contributed by atoms with E-state index in [9.17, 15) is 0 Å². The van der Waals surface area contributed by atoms with Gasteiger partial charge in [-0.05, 0) is 73.5 Å². The lowest BCUT2D eigenvalue weighted by molar-refractivity contribution is 0.418. The van der Waals surface area contributed by atoms with Gasteiger partial charge in [0.05, 0.1) is 5.41 Å². The largest absolute Gasteiger partial charge is 0.457 e. The number of hydrogen-bond donors (Lipinski definition) is 0. The van der Waals surface area contributed by atoms with Crippen LogP contribution in [0.25, 0.3) is 33.0 Å². The number of ether oxygens (including phenoxy) is 1. The van der Waals surface area contributed by atoms with Gasteiger partial charge in [0.2, 0.25) is 0 Å². The molecular formula is C44H32O. The molecule has 0 N–H and O–H groups in total. The van der Waals surface area contributed by atoms with Gasteiger partial charge in [-0.25, -0.2) is 0 Å². The lowest BCUT2D eigenvalue weighted by Crippen LogP contribution is -2.28. The molecule has 0 spiro atoms. The molecule has 1 nitrogen and oxygen atoms in total. The van der Waals surface area contributed by atoms with Crippen molar-refractivity contribution in [2.75, 3.05) is 0 Å². The molecule has 9 rings (SSSR count). The fraction of sp³-hybridized carbons (Fsp3) is 0.0909. The zero-order valence-electron chi connectivity index (χ0n) is 25.4. The normalized spacial score (nSPS) is 17.1. The summed E-state index contributed by atoms with van der Waals surface area (Å²) in [6.07, 6.45) is 0. The van der Waals surface area contributed by atoms with Crippen LogP contribution in [0.1, 0.15) is 47.2 Å². The molecule has 0 amide bonds. The third-order valence-corrected chi connectivity index (χ3v) is 10.2. The highest BCUT2D eigenvalue weighted by Gasteiger charge is 2.46. The number of para-hydroxylation sites is 1. The van der Waals surface area contributed by atoms with Crippen molar-refractivity contribution in [2.24, 2.45) is 0 Å². The molecule has 1 heteroatoms. The van der Waals surface area contributed by atoms with Gasteiger partial charge in [0.15, 0.2) is 0 Å². The van der Waals surface area contributed by atoms with Crippen LogP contribution in [-0.4, -0.2) is 0 Å². The second kappa shape index (κ2) is 9.55. The quantitative estimate of drug-likeness (QED) is 0.203. The first kappa shape index (κ1) is 26.0. The van der Waals surface area contributed by atoms with E-state index in [0.717, 1.165) is 11.5 Å². The van der Waals surface area contributed by atoms with E-state index in [1.54, 1.807) is 0 Å². The molecule has 0 fully saturated rings. The van der Waals surface area contributed by atoms with Crippen LogP contribution >= 0.6 is 0 Å². The Labute approximate surface area is 264 Å². The zero-order chi connectivity index (χ0) is 30.2. The molecule has 7 aromatic rings. The standard InChI is InChI=1S/C44H32O/c1-43(2)37-18-10-11-19-40(37)45-41-27-23-31(28-39(41)43)29-20-24-33(25-21-29)44(32-13-4-3-5-14-32)36-17-9-8-16-35(36)42-34-15-7-6-12-30(34)22-26-38(42)44/h3-28H,1-2H3. The maximum atomic E-state index is 6.35. The van der Waals surface area contributed by atoms with Crippen molar-refractivity contribution in [3.8, 4) is 33.8 Å². The first-order chi connectivity index (χ1) is 22.1. The van der Waals surface area contributed by atoms with E-state index < -0.39 is 5.41 Å². The fourth-order valence-corrected chi connectivity index (χ4v) is 8.06. The summed E-state index contributed by atoms with van der Waals surface area (Å²) in [7, 11) is 0. The predicted octanol–water partition coefficient (Wildman–Crippen LogP) is 11.3.